The van der Waals surface area contributed by atoms with Crippen LogP contribution in [-0.2, 0) is 11.3 Å². The van der Waals surface area contributed by atoms with Crippen molar-refractivity contribution in [3.05, 3.63) is 23.8 Å². The molecule has 0 radical (unpaired) electrons. The van der Waals surface area contributed by atoms with Gasteiger partial charge in [0.15, 0.2) is 11.5 Å². The normalized spacial score (nSPS) is 14.5. The third-order valence-electron chi connectivity index (χ3n) is 2.71. The van der Waals surface area contributed by atoms with Gasteiger partial charge in [0.05, 0.1) is 6.04 Å². The van der Waals surface area contributed by atoms with Crippen molar-refractivity contribution in [1.29, 1.82) is 0 Å². The third-order valence-corrected chi connectivity index (χ3v) is 2.71. The number of ether oxygens (including phenoxy) is 2. The number of nitrogens with two attached hydrogens (primary N) is 1. The fourth-order valence-electron chi connectivity index (χ4n) is 1.63. The first-order valence-electron chi connectivity index (χ1n) is 5.63. The predicted molar refractivity (Wildman–Crippen MR) is 62.7 cm³/mol. The summed E-state index contributed by atoms with van der Waals surface area (Å²) in [5.41, 5.74) is 6.53. The molecule has 0 saturated carbocycles. The largest absolute Gasteiger partial charge is 0.454 e. The van der Waals surface area contributed by atoms with Crippen LogP contribution in [0.5, 0.6) is 11.5 Å². The first-order valence-corrected chi connectivity index (χ1v) is 5.63. The van der Waals surface area contributed by atoms with Crippen LogP contribution >= 0.6 is 0 Å². The molecule has 3 N–H and O–H groups in total. The fourth-order valence-corrected chi connectivity index (χ4v) is 1.63. The van der Waals surface area contributed by atoms with Gasteiger partial charge in [-0.15, -0.1) is 0 Å². The number of rotatable bonds is 4. The van der Waals surface area contributed by atoms with E-state index in [2.05, 4.69) is 5.32 Å². The molecule has 0 aliphatic carbocycles. The molecule has 1 aliphatic heterocycles. The molecule has 2 rings (SSSR count). The molecule has 0 aromatic heterocycles. The van der Waals surface area contributed by atoms with Gasteiger partial charge in [0.2, 0.25) is 12.7 Å². The second kappa shape index (κ2) is 5.05. The Kier molecular flexibility index (Phi) is 3.49. The summed E-state index contributed by atoms with van der Waals surface area (Å²) in [5.74, 6) is 1.28. The number of para-hydroxylation sites is 1. The first-order chi connectivity index (χ1) is 8.22. The van der Waals surface area contributed by atoms with E-state index < -0.39 is 6.04 Å². The van der Waals surface area contributed by atoms with Crippen LogP contribution in [0, 0.1) is 0 Å². The van der Waals surface area contributed by atoms with Gasteiger partial charge >= 0.3 is 0 Å². The second-order valence-electron chi connectivity index (χ2n) is 3.88. The van der Waals surface area contributed by atoms with E-state index >= 15 is 0 Å². The molecule has 17 heavy (non-hydrogen) atoms. The van der Waals surface area contributed by atoms with E-state index in [0.717, 1.165) is 11.3 Å². The van der Waals surface area contributed by atoms with E-state index in [-0.39, 0.29) is 12.7 Å². The minimum absolute atomic E-state index is 0.149. The summed E-state index contributed by atoms with van der Waals surface area (Å²) in [4.78, 5) is 11.5. The molecule has 1 atom stereocenters. The van der Waals surface area contributed by atoms with Gasteiger partial charge in [-0.25, -0.2) is 0 Å². The van der Waals surface area contributed by atoms with Crippen LogP contribution in [-0.4, -0.2) is 18.7 Å². The van der Waals surface area contributed by atoms with E-state index in [9.17, 15) is 4.79 Å². The van der Waals surface area contributed by atoms with Gasteiger partial charge in [0, 0.05) is 12.1 Å². The van der Waals surface area contributed by atoms with Crippen LogP contribution in [0.25, 0.3) is 0 Å². The first kappa shape index (κ1) is 11.7. The van der Waals surface area contributed by atoms with Crippen molar-refractivity contribution < 1.29 is 14.3 Å². The van der Waals surface area contributed by atoms with Crippen molar-refractivity contribution in [2.75, 3.05) is 6.79 Å². The number of amides is 1. The monoisotopic (exact) mass is 236 g/mol. The summed E-state index contributed by atoms with van der Waals surface area (Å²) in [6, 6.07) is 5.15. The minimum Gasteiger partial charge on any atom is -0.454 e. The molecule has 0 fully saturated rings. The van der Waals surface area contributed by atoms with Crippen molar-refractivity contribution in [1.82, 2.24) is 5.32 Å². The standard InChI is InChI=1S/C12H16N2O3/c1-2-9(13)12(15)14-6-8-4-3-5-10-11(8)17-7-16-10/h3-5,9H,2,6-7,13H2,1H3,(H,14,15)/t9-/m0/s1. The lowest BCUT2D eigenvalue weighted by molar-refractivity contribution is -0.122. The summed E-state index contributed by atoms with van der Waals surface area (Å²) >= 11 is 0. The van der Waals surface area contributed by atoms with Gasteiger partial charge in [0.1, 0.15) is 0 Å². The average molecular weight is 236 g/mol. The van der Waals surface area contributed by atoms with Crippen molar-refractivity contribution >= 4 is 5.91 Å². The number of carbonyl (C=O) groups is 1. The van der Waals surface area contributed by atoms with Crippen LogP contribution in [0.15, 0.2) is 18.2 Å². The highest BCUT2D eigenvalue weighted by Crippen LogP contribution is 2.35. The molecule has 1 aromatic rings. The van der Waals surface area contributed by atoms with Gasteiger partial charge in [-0.1, -0.05) is 19.1 Å². The molecule has 1 aliphatic rings. The summed E-state index contributed by atoms with van der Waals surface area (Å²) < 4.78 is 10.6. The quantitative estimate of drug-likeness (QED) is 0.809. The number of fused-ring (bicyclic) bond motifs is 1. The maximum Gasteiger partial charge on any atom is 0.237 e. The fraction of sp³-hybridized carbons (Fsp3) is 0.417. The summed E-state index contributed by atoms with van der Waals surface area (Å²) in [6.07, 6.45) is 0.623. The highest BCUT2D eigenvalue weighted by Gasteiger charge is 2.18. The molecule has 0 unspecified atom stereocenters. The molecule has 0 spiro atoms. The van der Waals surface area contributed by atoms with Crippen molar-refractivity contribution in [3.63, 3.8) is 0 Å². The number of benzene rings is 1. The molecule has 5 heteroatoms. The SMILES string of the molecule is CC[C@H](N)C(=O)NCc1cccc2c1OCO2. The third kappa shape index (κ3) is 2.50. The number of hydrogen-bond donors (Lipinski definition) is 2. The Hall–Kier alpha value is -1.75. The van der Waals surface area contributed by atoms with Crippen molar-refractivity contribution in [3.8, 4) is 11.5 Å². The van der Waals surface area contributed by atoms with Crippen LogP contribution < -0.4 is 20.5 Å². The van der Waals surface area contributed by atoms with E-state index in [4.69, 9.17) is 15.2 Å². The molecule has 0 saturated heterocycles. The van der Waals surface area contributed by atoms with E-state index in [0.29, 0.717) is 18.7 Å². The zero-order valence-electron chi connectivity index (χ0n) is 9.73. The summed E-state index contributed by atoms with van der Waals surface area (Å²) in [6.45, 7) is 2.51. The lowest BCUT2D eigenvalue weighted by Gasteiger charge is -2.11. The van der Waals surface area contributed by atoms with Crippen LogP contribution in [0.1, 0.15) is 18.9 Å². The Balaban J connectivity index is 2.00. The zero-order chi connectivity index (χ0) is 12.3. The van der Waals surface area contributed by atoms with Crippen LogP contribution in [0.2, 0.25) is 0 Å². The van der Waals surface area contributed by atoms with E-state index in [1.54, 1.807) is 0 Å². The summed E-state index contributed by atoms with van der Waals surface area (Å²) in [7, 11) is 0. The Labute approximate surface area is 99.9 Å². The van der Waals surface area contributed by atoms with Crippen LogP contribution in [0.4, 0.5) is 0 Å². The maximum atomic E-state index is 11.5. The minimum atomic E-state index is -0.455. The molecule has 1 aromatic carbocycles. The molecule has 1 heterocycles. The molecule has 0 bridgehead atoms. The predicted octanol–water partition coefficient (Wildman–Crippen LogP) is 0.769. The molecule has 92 valence electrons. The molecule has 5 nitrogen and oxygen atoms in total. The van der Waals surface area contributed by atoms with E-state index in [1.807, 2.05) is 25.1 Å². The molecule has 1 amide bonds. The Morgan fingerprint density at radius 2 is 2.35 bits per heavy atom. The zero-order valence-corrected chi connectivity index (χ0v) is 9.73. The van der Waals surface area contributed by atoms with Gasteiger partial charge in [-0.05, 0) is 12.5 Å². The molecular formula is C12H16N2O3. The second-order valence-corrected chi connectivity index (χ2v) is 3.88. The van der Waals surface area contributed by atoms with Crippen molar-refractivity contribution in [2.24, 2.45) is 5.73 Å². The van der Waals surface area contributed by atoms with Crippen molar-refractivity contribution in [2.45, 2.75) is 25.9 Å². The smallest absolute Gasteiger partial charge is 0.237 e. The van der Waals surface area contributed by atoms with Gasteiger partial charge < -0.3 is 20.5 Å². The number of nitrogens with one attached hydrogen (secondary N) is 1. The lowest BCUT2D eigenvalue weighted by atomic mass is 10.1. The lowest BCUT2D eigenvalue weighted by Crippen LogP contribution is -2.39. The maximum absolute atomic E-state index is 11.5. The highest BCUT2D eigenvalue weighted by atomic mass is 16.7. The highest BCUT2D eigenvalue weighted by molar-refractivity contribution is 5.81. The number of carbonyl (C=O) groups excluding carboxylic acids is 1. The topological polar surface area (TPSA) is 73.6 Å². The van der Waals surface area contributed by atoms with Gasteiger partial charge in [0.25, 0.3) is 0 Å². The van der Waals surface area contributed by atoms with Gasteiger partial charge in [-0.2, -0.15) is 0 Å². The summed E-state index contributed by atoms with van der Waals surface area (Å²) in [5, 5.41) is 2.78. The van der Waals surface area contributed by atoms with E-state index in [1.165, 1.54) is 0 Å². The molecular weight excluding hydrogens is 220 g/mol. The van der Waals surface area contributed by atoms with Gasteiger partial charge in [-0.3, -0.25) is 4.79 Å². The number of hydrogen-bond acceptors (Lipinski definition) is 4. The van der Waals surface area contributed by atoms with Crippen LogP contribution in [0.3, 0.4) is 0 Å². The Morgan fingerprint density at radius 1 is 1.53 bits per heavy atom. The average Bonchev–Trinajstić information content (AvgIpc) is 2.83. The Morgan fingerprint density at radius 3 is 3.12 bits per heavy atom. The Bertz CT molecular complexity index is 420.